The van der Waals surface area contributed by atoms with Gasteiger partial charge in [-0.3, -0.25) is 9.48 Å². The Morgan fingerprint density at radius 2 is 2.05 bits per heavy atom. The SMILES string of the molecule is Cn1nc(-c2ccc(N3CCNC(=O)C3)cc2)cc1N. The molecule has 1 aromatic carbocycles. The lowest BCUT2D eigenvalue weighted by molar-refractivity contribution is -0.120. The van der Waals surface area contributed by atoms with Gasteiger partial charge in [-0.2, -0.15) is 5.10 Å². The van der Waals surface area contributed by atoms with Crippen molar-refractivity contribution in [3.8, 4) is 11.3 Å². The van der Waals surface area contributed by atoms with Crippen molar-refractivity contribution >= 4 is 17.4 Å². The van der Waals surface area contributed by atoms with Crippen molar-refractivity contribution in [2.75, 3.05) is 30.3 Å². The summed E-state index contributed by atoms with van der Waals surface area (Å²) >= 11 is 0. The number of rotatable bonds is 2. The lowest BCUT2D eigenvalue weighted by atomic mass is 10.1. The Morgan fingerprint density at radius 1 is 1.30 bits per heavy atom. The largest absolute Gasteiger partial charge is 0.384 e. The van der Waals surface area contributed by atoms with Crippen LogP contribution >= 0.6 is 0 Å². The second-order valence-corrected chi connectivity index (χ2v) is 4.90. The molecular formula is C14H17N5O. The molecule has 1 fully saturated rings. The van der Waals surface area contributed by atoms with Gasteiger partial charge in [0.15, 0.2) is 0 Å². The molecule has 1 amide bonds. The summed E-state index contributed by atoms with van der Waals surface area (Å²) in [7, 11) is 1.82. The molecule has 6 heteroatoms. The second-order valence-electron chi connectivity index (χ2n) is 4.90. The van der Waals surface area contributed by atoms with Gasteiger partial charge in [0.1, 0.15) is 5.82 Å². The Kier molecular flexibility index (Phi) is 3.06. The molecule has 2 aromatic rings. The number of carbonyl (C=O) groups excluding carboxylic acids is 1. The summed E-state index contributed by atoms with van der Waals surface area (Å²) in [6.07, 6.45) is 0. The van der Waals surface area contributed by atoms with E-state index in [0.29, 0.717) is 18.9 Å². The summed E-state index contributed by atoms with van der Waals surface area (Å²) in [5, 5.41) is 7.17. The third kappa shape index (κ3) is 2.32. The summed E-state index contributed by atoms with van der Waals surface area (Å²) < 4.78 is 1.65. The monoisotopic (exact) mass is 271 g/mol. The van der Waals surface area contributed by atoms with E-state index in [2.05, 4.69) is 15.3 Å². The van der Waals surface area contributed by atoms with Crippen molar-refractivity contribution in [1.29, 1.82) is 0 Å². The highest BCUT2D eigenvalue weighted by atomic mass is 16.2. The summed E-state index contributed by atoms with van der Waals surface area (Å²) in [6, 6.07) is 9.88. The van der Waals surface area contributed by atoms with Crippen LogP contribution in [0.4, 0.5) is 11.5 Å². The zero-order chi connectivity index (χ0) is 14.1. The molecule has 0 spiro atoms. The topological polar surface area (TPSA) is 76.2 Å². The Labute approximate surface area is 117 Å². The van der Waals surface area contributed by atoms with Crippen LogP contribution in [-0.2, 0) is 11.8 Å². The minimum atomic E-state index is 0.0674. The van der Waals surface area contributed by atoms with E-state index in [-0.39, 0.29) is 5.91 Å². The molecule has 104 valence electrons. The molecule has 0 unspecified atom stereocenters. The number of nitrogen functional groups attached to an aromatic ring is 1. The Morgan fingerprint density at radius 3 is 2.65 bits per heavy atom. The zero-order valence-electron chi connectivity index (χ0n) is 11.3. The number of aryl methyl sites for hydroxylation is 1. The van der Waals surface area contributed by atoms with E-state index in [4.69, 9.17) is 5.73 Å². The predicted octanol–water partition coefficient (Wildman–Crippen LogP) is 0.605. The van der Waals surface area contributed by atoms with Crippen LogP contribution < -0.4 is 16.0 Å². The molecule has 3 rings (SSSR count). The number of benzene rings is 1. The molecular weight excluding hydrogens is 254 g/mol. The maximum atomic E-state index is 11.4. The van der Waals surface area contributed by atoms with E-state index < -0.39 is 0 Å². The Balaban J connectivity index is 1.82. The number of hydrogen-bond acceptors (Lipinski definition) is 4. The number of amides is 1. The molecule has 0 aliphatic carbocycles. The van der Waals surface area contributed by atoms with E-state index in [1.54, 1.807) is 4.68 Å². The average Bonchev–Trinajstić information content (AvgIpc) is 2.79. The van der Waals surface area contributed by atoms with Crippen LogP contribution in [0, 0.1) is 0 Å². The highest BCUT2D eigenvalue weighted by molar-refractivity contribution is 5.82. The minimum absolute atomic E-state index is 0.0674. The summed E-state index contributed by atoms with van der Waals surface area (Å²) in [4.78, 5) is 13.5. The number of nitrogens with one attached hydrogen (secondary N) is 1. The molecule has 2 heterocycles. The molecule has 1 aliphatic heterocycles. The van der Waals surface area contributed by atoms with Crippen molar-refractivity contribution in [2.24, 2.45) is 7.05 Å². The first-order chi connectivity index (χ1) is 9.63. The molecule has 20 heavy (non-hydrogen) atoms. The van der Waals surface area contributed by atoms with E-state index in [1.807, 2.05) is 37.4 Å². The number of hydrogen-bond donors (Lipinski definition) is 2. The molecule has 1 aliphatic rings. The first-order valence-electron chi connectivity index (χ1n) is 6.55. The molecule has 0 saturated carbocycles. The van der Waals surface area contributed by atoms with E-state index in [0.717, 1.165) is 23.5 Å². The van der Waals surface area contributed by atoms with Crippen LogP contribution in [-0.4, -0.2) is 35.3 Å². The number of nitrogens with two attached hydrogens (primary N) is 1. The van der Waals surface area contributed by atoms with Crippen LogP contribution in [0.25, 0.3) is 11.3 Å². The predicted molar refractivity (Wildman–Crippen MR) is 78.3 cm³/mol. The number of piperazine rings is 1. The van der Waals surface area contributed by atoms with Crippen molar-refractivity contribution in [1.82, 2.24) is 15.1 Å². The van der Waals surface area contributed by atoms with Gasteiger partial charge in [-0.25, -0.2) is 0 Å². The van der Waals surface area contributed by atoms with Crippen LogP contribution in [0.15, 0.2) is 30.3 Å². The highest BCUT2D eigenvalue weighted by Gasteiger charge is 2.16. The van der Waals surface area contributed by atoms with Crippen molar-refractivity contribution < 1.29 is 4.79 Å². The van der Waals surface area contributed by atoms with E-state index >= 15 is 0 Å². The number of anilines is 2. The maximum Gasteiger partial charge on any atom is 0.239 e. The van der Waals surface area contributed by atoms with Gasteiger partial charge in [0.05, 0.1) is 12.2 Å². The summed E-state index contributed by atoms with van der Waals surface area (Å²) in [6.45, 7) is 1.94. The Bertz CT molecular complexity index is 612. The van der Waals surface area contributed by atoms with E-state index in [9.17, 15) is 4.79 Å². The standard InChI is InChI=1S/C14H17N5O/c1-18-13(15)8-12(17-18)10-2-4-11(5-3-10)19-7-6-16-14(20)9-19/h2-5,8H,6-7,9,15H2,1H3,(H,16,20). The smallest absolute Gasteiger partial charge is 0.239 e. The van der Waals surface area contributed by atoms with E-state index in [1.165, 1.54) is 0 Å². The third-order valence-corrected chi connectivity index (χ3v) is 3.48. The molecule has 0 bridgehead atoms. The first kappa shape index (κ1) is 12.5. The van der Waals surface area contributed by atoms with Gasteiger partial charge < -0.3 is 16.0 Å². The molecule has 6 nitrogen and oxygen atoms in total. The zero-order valence-corrected chi connectivity index (χ0v) is 11.3. The first-order valence-corrected chi connectivity index (χ1v) is 6.55. The normalized spacial score (nSPS) is 15.2. The average molecular weight is 271 g/mol. The fraction of sp³-hybridized carbons (Fsp3) is 0.286. The van der Waals surface area contributed by atoms with Crippen LogP contribution in [0.3, 0.4) is 0 Å². The van der Waals surface area contributed by atoms with Gasteiger partial charge in [0.2, 0.25) is 5.91 Å². The molecule has 1 aromatic heterocycles. The molecule has 0 atom stereocenters. The van der Waals surface area contributed by atoms with Crippen molar-refractivity contribution in [2.45, 2.75) is 0 Å². The Hall–Kier alpha value is -2.50. The third-order valence-electron chi connectivity index (χ3n) is 3.48. The molecule has 0 radical (unpaired) electrons. The van der Waals surface area contributed by atoms with Gasteiger partial charge in [0.25, 0.3) is 0 Å². The molecule has 3 N–H and O–H groups in total. The number of carbonyl (C=O) groups is 1. The van der Waals surface area contributed by atoms with Gasteiger partial charge in [-0.15, -0.1) is 0 Å². The minimum Gasteiger partial charge on any atom is -0.384 e. The number of aromatic nitrogens is 2. The lowest BCUT2D eigenvalue weighted by Crippen LogP contribution is -2.47. The number of nitrogens with zero attached hydrogens (tertiary/aromatic N) is 3. The second kappa shape index (κ2) is 4.88. The van der Waals surface area contributed by atoms with Gasteiger partial charge in [0, 0.05) is 37.5 Å². The maximum absolute atomic E-state index is 11.4. The van der Waals surface area contributed by atoms with Crippen molar-refractivity contribution in [3.05, 3.63) is 30.3 Å². The quantitative estimate of drug-likeness (QED) is 0.839. The highest BCUT2D eigenvalue weighted by Crippen LogP contribution is 2.23. The lowest BCUT2D eigenvalue weighted by Gasteiger charge is -2.28. The van der Waals surface area contributed by atoms with Gasteiger partial charge >= 0.3 is 0 Å². The summed E-state index contributed by atoms with van der Waals surface area (Å²) in [5.74, 6) is 0.703. The van der Waals surface area contributed by atoms with Gasteiger partial charge in [-0.05, 0) is 12.1 Å². The fourth-order valence-corrected chi connectivity index (χ4v) is 2.32. The summed E-state index contributed by atoms with van der Waals surface area (Å²) in [5.41, 5.74) is 8.71. The van der Waals surface area contributed by atoms with Crippen LogP contribution in [0.5, 0.6) is 0 Å². The van der Waals surface area contributed by atoms with Gasteiger partial charge in [-0.1, -0.05) is 12.1 Å². The van der Waals surface area contributed by atoms with Crippen molar-refractivity contribution in [3.63, 3.8) is 0 Å². The van der Waals surface area contributed by atoms with Crippen LogP contribution in [0.1, 0.15) is 0 Å². The molecule has 1 saturated heterocycles. The van der Waals surface area contributed by atoms with Crippen LogP contribution in [0.2, 0.25) is 0 Å². The fourth-order valence-electron chi connectivity index (χ4n) is 2.32.